The standard InChI is InChI=1S/C24H15BrFNO3/c1-13-6-9-15(10-7-13)27-21(16-4-2-3-5-18(16)26)20-22(28)17-12-14(25)8-11-19(17)30-23(20)24(27)29/h2-12,21H,1H3. The number of carbonyl (C=O) groups is 1. The van der Waals surface area contributed by atoms with Crippen molar-refractivity contribution in [3.05, 3.63) is 110 Å². The van der Waals surface area contributed by atoms with Crippen LogP contribution >= 0.6 is 15.9 Å². The van der Waals surface area contributed by atoms with E-state index in [0.29, 0.717) is 21.1 Å². The van der Waals surface area contributed by atoms with Gasteiger partial charge in [0, 0.05) is 15.7 Å². The predicted octanol–water partition coefficient (Wildman–Crippen LogP) is 5.75. The molecule has 0 N–H and O–H groups in total. The second-order valence-electron chi connectivity index (χ2n) is 7.25. The number of rotatable bonds is 2. The fourth-order valence-electron chi connectivity index (χ4n) is 3.91. The van der Waals surface area contributed by atoms with Crippen LogP contribution in [0.1, 0.15) is 33.3 Å². The number of halogens is 2. The van der Waals surface area contributed by atoms with Crippen LogP contribution in [0.2, 0.25) is 0 Å². The summed E-state index contributed by atoms with van der Waals surface area (Å²) in [5, 5.41) is 0.336. The van der Waals surface area contributed by atoms with Crippen LogP contribution in [-0.2, 0) is 0 Å². The first-order chi connectivity index (χ1) is 14.5. The Morgan fingerprint density at radius 1 is 1.00 bits per heavy atom. The van der Waals surface area contributed by atoms with Crippen molar-refractivity contribution < 1.29 is 13.6 Å². The Kier molecular flexibility index (Phi) is 4.33. The molecule has 30 heavy (non-hydrogen) atoms. The van der Waals surface area contributed by atoms with Crippen molar-refractivity contribution in [2.75, 3.05) is 4.90 Å². The molecular weight excluding hydrogens is 449 g/mol. The normalized spacial score (nSPS) is 15.6. The summed E-state index contributed by atoms with van der Waals surface area (Å²) < 4.78 is 21.4. The van der Waals surface area contributed by atoms with Crippen LogP contribution in [0.5, 0.6) is 0 Å². The molecule has 0 saturated carbocycles. The molecule has 0 radical (unpaired) electrons. The summed E-state index contributed by atoms with van der Waals surface area (Å²) in [4.78, 5) is 28.3. The lowest BCUT2D eigenvalue weighted by molar-refractivity contribution is 0.0971. The lowest BCUT2D eigenvalue weighted by Gasteiger charge is -2.25. The van der Waals surface area contributed by atoms with Gasteiger partial charge in [-0.05, 0) is 43.3 Å². The third-order valence-electron chi connectivity index (χ3n) is 5.34. The number of fused-ring (bicyclic) bond motifs is 2. The molecule has 6 heteroatoms. The van der Waals surface area contributed by atoms with E-state index in [1.165, 1.54) is 11.0 Å². The van der Waals surface area contributed by atoms with E-state index in [0.717, 1.165) is 5.56 Å². The Morgan fingerprint density at radius 3 is 2.47 bits per heavy atom. The Morgan fingerprint density at radius 2 is 1.73 bits per heavy atom. The van der Waals surface area contributed by atoms with Crippen molar-refractivity contribution in [1.82, 2.24) is 0 Å². The average molecular weight is 464 g/mol. The fraction of sp³-hybridized carbons (Fsp3) is 0.0833. The van der Waals surface area contributed by atoms with Gasteiger partial charge < -0.3 is 4.42 Å². The van der Waals surface area contributed by atoms with E-state index in [2.05, 4.69) is 15.9 Å². The molecule has 2 heterocycles. The molecule has 0 bridgehead atoms. The molecule has 0 aliphatic carbocycles. The molecule has 0 saturated heterocycles. The minimum absolute atomic E-state index is 0.0522. The van der Waals surface area contributed by atoms with Crippen molar-refractivity contribution in [2.24, 2.45) is 0 Å². The quantitative estimate of drug-likeness (QED) is 0.380. The summed E-state index contributed by atoms with van der Waals surface area (Å²) in [5.41, 5.74) is 1.95. The van der Waals surface area contributed by atoms with Crippen LogP contribution in [0.4, 0.5) is 10.1 Å². The Labute approximate surface area is 179 Å². The minimum Gasteiger partial charge on any atom is -0.450 e. The summed E-state index contributed by atoms with van der Waals surface area (Å²) in [7, 11) is 0. The van der Waals surface area contributed by atoms with Crippen molar-refractivity contribution in [3.8, 4) is 0 Å². The third-order valence-corrected chi connectivity index (χ3v) is 5.84. The van der Waals surface area contributed by atoms with Crippen LogP contribution in [0.25, 0.3) is 11.0 Å². The van der Waals surface area contributed by atoms with E-state index < -0.39 is 17.8 Å². The molecule has 1 amide bonds. The van der Waals surface area contributed by atoms with Gasteiger partial charge in [0.25, 0.3) is 5.91 Å². The highest BCUT2D eigenvalue weighted by molar-refractivity contribution is 9.10. The number of hydrogen-bond donors (Lipinski definition) is 0. The highest BCUT2D eigenvalue weighted by Crippen LogP contribution is 2.42. The van der Waals surface area contributed by atoms with Gasteiger partial charge in [-0.25, -0.2) is 4.39 Å². The molecule has 0 spiro atoms. The lowest BCUT2D eigenvalue weighted by atomic mass is 9.97. The number of hydrogen-bond acceptors (Lipinski definition) is 3. The van der Waals surface area contributed by atoms with Gasteiger partial charge in [0.2, 0.25) is 5.76 Å². The Bertz CT molecular complexity index is 1380. The van der Waals surface area contributed by atoms with E-state index in [4.69, 9.17) is 4.42 Å². The number of anilines is 1. The van der Waals surface area contributed by atoms with Crippen LogP contribution in [0.3, 0.4) is 0 Å². The largest absolute Gasteiger partial charge is 0.450 e. The SMILES string of the molecule is Cc1ccc(N2C(=O)c3oc4ccc(Br)cc4c(=O)c3C2c2ccccc2F)cc1. The van der Waals surface area contributed by atoms with Gasteiger partial charge in [-0.3, -0.25) is 14.5 Å². The van der Waals surface area contributed by atoms with E-state index in [9.17, 15) is 14.0 Å². The molecular formula is C24H15BrFNO3. The first-order valence-corrected chi connectivity index (χ1v) is 10.2. The zero-order chi connectivity index (χ0) is 21.0. The zero-order valence-corrected chi connectivity index (χ0v) is 17.4. The van der Waals surface area contributed by atoms with E-state index in [1.807, 2.05) is 19.1 Å². The van der Waals surface area contributed by atoms with Crippen LogP contribution < -0.4 is 10.3 Å². The minimum atomic E-state index is -0.920. The van der Waals surface area contributed by atoms with E-state index in [1.54, 1.807) is 48.5 Å². The number of nitrogens with zero attached hydrogens (tertiary/aromatic N) is 1. The van der Waals surface area contributed by atoms with Gasteiger partial charge in [-0.2, -0.15) is 0 Å². The van der Waals surface area contributed by atoms with Crippen LogP contribution in [-0.4, -0.2) is 5.91 Å². The molecule has 1 aliphatic rings. The monoisotopic (exact) mass is 463 g/mol. The molecule has 1 aliphatic heterocycles. The number of carbonyl (C=O) groups excluding carboxylic acids is 1. The number of aryl methyl sites for hydroxylation is 1. The molecule has 1 atom stereocenters. The molecule has 3 aromatic carbocycles. The topological polar surface area (TPSA) is 50.5 Å². The van der Waals surface area contributed by atoms with Gasteiger partial charge >= 0.3 is 0 Å². The van der Waals surface area contributed by atoms with Gasteiger partial charge in [-0.15, -0.1) is 0 Å². The van der Waals surface area contributed by atoms with Gasteiger partial charge in [-0.1, -0.05) is 51.8 Å². The predicted molar refractivity (Wildman–Crippen MR) is 116 cm³/mol. The summed E-state index contributed by atoms with van der Waals surface area (Å²) in [5.74, 6) is -1.01. The number of amides is 1. The Balaban J connectivity index is 1.84. The second kappa shape index (κ2) is 6.92. The third kappa shape index (κ3) is 2.79. The second-order valence-corrected chi connectivity index (χ2v) is 8.16. The summed E-state index contributed by atoms with van der Waals surface area (Å²) in [6.07, 6.45) is 0. The van der Waals surface area contributed by atoms with Gasteiger partial charge in [0.1, 0.15) is 11.4 Å². The average Bonchev–Trinajstić information content (AvgIpc) is 3.02. The first-order valence-electron chi connectivity index (χ1n) is 9.36. The molecule has 1 unspecified atom stereocenters. The van der Waals surface area contributed by atoms with Crippen molar-refractivity contribution >= 4 is 38.5 Å². The van der Waals surface area contributed by atoms with E-state index in [-0.39, 0.29) is 22.3 Å². The maximum Gasteiger partial charge on any atom is 0.295 e. The first kappa shape index (κ1) is 18.8. The maximum absolute atomic E-state index is 14.8. The lowest BCUT2D eigenvalue weighted by Crippen LogP contribution is -2.30. The molecule has 148 valence electrons. The molecule has 5 rings (SSSR count). The summed E-state index contributed by atoms with van der Waals surface area (Å²) in [6, 6.07) is 17.6. The summed E-state index contributed by atoms with van der Waals surface area (Å²) >= 11 is 3.37. The van der Waals surface area contributed by atoms with Crippen molar-refractivity contribution in [3.63, 3.8) is 0 Å². The summed E-state index contributed by atoms with van der Waals surface area (Å²) in [6.45, 7) is 1.94. The highest BCUT2D eigenvalue weighted by Gasteiger charge is 2.44. The zero-order valence-electron chi connectivity index (χ0n) is 15.9. The molecule has 4 aromatic rings. The van der Waals surface area contributed by atoms with Crippen molar-refractivity contribution in [2.45, 2.75) is 13.0 Å². The van der Waals surface area contributed by atoms with Gasteiger partial charge in [0.15, 0.2) is 5.43 Å². The maximum atomic E-state index is 14.8. The smallest absolute Gasteiger partial charge is 0.295 e. The van der Waals surface area contributed by atoms with Crippen LogP contribution in [0.15, 0.2) is 80.4 Å². The fourth-order valence-corrected chi connectivity index (χ4v) is 4.27. The number of benzene rings is 3. The Hall–Kier alpha value is -3.25. The van der Waals surface area contributed by atoms with E-state index >= 15 is 0 Å². The molecule has 0 fully saturated rings. The van der Waals surface area contributed by atoms with Crippen molar-refractivity contribution in [1.29, 1.82) is 0 Å². The molecule has 4 nitrogen and oxygen atoms in total. The molecule has 1 aromatic heterocycles. The highest BCUT2D eigenvalue weighted by atomic mass is 79.9. The van der Waals surface area contributed by atoms with Gasteiger partial charge in [0.05, 0.1) is 17.0 Å². The van der Waals surface area contributed by atoms with Crippen LogP contribution in [0, 0.1) is 12.7 Å².